The molecule has 5 rings (SSSR count). The molecule has 1 unspecified atom stereocenters. The highest BCUT2D eigenvalue weighted by molar-refractivity contribution is 5.93. The maximum Gasteiger partial charge on any atom is 0.156 e. The molecule has 0 heterocycles. The molecule has 1 aromatic rings. The minimum Gasteiger partial charge on any atom is -0.396 e. The first kappa shape index (κ1) is 22.9. The van der Waals surface area contributed by atoms with Crippen LogP contribution in [-0.2, 0) is 4.79 Å². The first-order valence-electron chi connectivity index (χ1n) is 12.8. The highest BCUT2D eigenvalue weighted by Gasteiger charge is 2.63. The summed E-state index contributed by atoms with van der Waals surface area (Å²) in [5, 5.41) is 22.4. The van der Waals surface area contributed by atoms with Gasteiger partial charge in [0, 0.05) is 44.1 Å². The number of allylic oxidation sites excluding steroid dienone is 4. The zero-order valence-electron chi connectivity index (χ0n) is 20.4. The van der Waals surface area contributed by atoms with Crippen LogP contribution in [0.1, 0.15) is 76.2 Å². The van der Waals surface area contributed by atoms with Gasteiger partial charge in [-0.3, -0.25) is 4.79 Å². The van der Waals surface area contributed by atoms with Gasteiger partial charge < -0.3 is 15.1 Å². The zero-order valence-corrected chi connectivity index (χ0v) is 20.4. The van der Waals surface area contributed by atoms with Crippen molar-refractivity contribution in [1.82, 2.24) is 0 Å². The third kappa shape index (κ3) is 3.52. The smallest absolute Gasteiger partial charge is 0.156 e. The largest absolute Gasteiger partial charge is 0.396 e. The molecule has 2 saturated carbocycles. The highest BCUT2D eigenvalue weighted by atomic mass is 16.3. The third-order valence-corrected chi connectivity index (χ3v) is 9.75. The lowest BCUT2D eigenvalue weighted by molar-refractivity contribution is -0.115. The quantitative estimate of drug-likeness (QED) is 0.652. The van der Waals surface area contributed by atoms with Gasteiger partial charge in [-0.25, -0.2) is 0 Å². The molecule has 4 nitrogen and oxygen atoms in total. The second-order valence-corrected chi connectivity index (χ2v) is 11.3. The molecule has 4 heteroatoms. The van der Waals surface area contributed by atoms with E-state index in [-0.39, 0.29) is 23.7 Å². The molecule has 0 bridgehead atoms. The summed E-state index contributed by atoms with van der Waals surface area (Å²) in [6.45, 7) is 2.42. The van der Waals surface area contributed by atoms with E-state index in [0.717, 1.165) is 56.2 Å². The average molecular weight is 450 g/mol. The molecule has 5 atom stereocenters. The Hall–Kier alpha value is -1.91. The third-order valence-electron chi connectivity index (χ3n) is 9.75. The number of anilines is 1. The molecular formula is C29H39NO3. The normalized spacial score (nSPS) is 34.3. The molecule has 0 spiro atoms. The Bertz CT molecular complexity index is 991. The number of hydrogen-bond acceptors (Lipinski definition) is 4. The molecule has 4 aliphatic rings. The first-order chi connectivity index (χ1) is 15.8. The number of aliphatic hydroxyl groups is 2. The Morgan fingerprint density at radius 3 is 2.52 bits per heavy atom. The predicted octanol–water partition coefficient (Wildman–Crippen LogP) is 5.16. The second kappa shape index (κ2) is 8.39. The van der Waals surface area contributed by atoms with Gasteiger partial charge in [0.2, 0.25) is 0 Å². The van der Waals surface area contributed by atoms with Crippen molar-refractivity contribution in [3.05, 3.63) is 52.6 Å². The number of carbonyl (C=O) groups is 1. The molecule has 178 valence electrons. The standard InChI is InChI=1S/C29H39NO3/c1-28-15-12-24-23-11-9-22(32)18-20(23)6-10-25(24)27(28)13-16-29(28,33)26(14-17-31)19-4-7-21(8-5-19)30(2)3/h4-5,7-8,18,25-27,31,33H,6,9-17H2,1-3H3/t25-,26?,27+,28+,29+/m1/s1. The number of aliphatic hydroxyl groups excluding tert-OH is 1. The van der Waals surface area contributed by atoms with Gasteiger partial charge >= 0.3 is 0 Å². The minimum atomic E-state index is -0.811. The molecule has 2 fully saturated rings. The maximum absolute atomic E-state index is 12.4. The van der Waals surface area contributed by atoms with Crippen molar-refractivity contribution in [2.75, 3.05) is 25.6 Å². The maximum atomic E-state index is 12.4. The number of benzene rings is 1. The van der Waals surface area contributed by atoms with Crippen LogP contribution in [0.5, 0.6) is 0 Å². The SMILES string of the molecule is CN(C)c1ccc(C(CCO)[C@@]2(O)CC[C@H]3[C@@H]4CCC5=CC(=O)CCC5=C4CC[C@@]32C)cc1. The average Bonchev–Trinajstić information content (AvgIpc) is 3.08. The summed E-state index contributed by atoms with van der Waals surface area (Å²) >= 11 is 0. The van der Waals surface area contributed by atoms with E-state index < -0.39 is 5.60 Å². The molecule has 4 aliphatic carbocycles. The van der Waals surface area contributed by atoms with Crippen molar-refractivity contribution in [1.29, 1.82) is 0 Å². The Morgan fingerprint density at radius 2 is 1.82 bits per heavy atom. The van der Waals surface area contributed by atoms with Crippen molar-refractivity contribution in [3.8, 4) is 0 Å². The topological polar surface area (TPSA) is 60.8 Å². The fourth-order valence-electron chi connectivity index (χ4n) is 7.97. The number of carbonyl (C=O) groups excluding carboxylic acids is 1. The van der Waals surface area contributed by atoms with Gasteiger partial charge in [-0.2, -0.15) is 0 Å². The summed E-state index contributed by atoms with van der Waals surface area (Å²) in [6, 6.07) is 8.55. The fourth-order valence-corrected chi connectivity index (χ4v) is 7.97. The van der Waals surface area contributed by atoms with Crippen LogP contribution < -0.4 is 4.90 Å². The summed E-state index contributed by atoms with van der Waals surface area (Å²) in [6.07, 6.45) is 10.1. The Labute approximate surface area is 198 Å². The van der Waals surface area contributed by atoms with Crippen molar-refractivity contribution in [3.63, 3.8) is 0 Å². The molecule has 0 aliphatic heterocycles. The minimum absolute atomic E-state index is 0.0609. The molecule has 0 aromatic heterocycles. The van der Waals surface area contributed by atoms with E-state index in [2.05, 4.69) is 36.1 Å². The van der Waals surface area contributed by atoms with Gasteiger partial charge in [0.15, 0.2) is 5.78 Å². The lowest BCUT2D eigenvalue weighted by Crippen LogP contribution is -2.53. The van der Waals surface area contributed by atoms with Crippen molar-refractivity contribution in [2.24, 2.45) is 17.3 Å². The summed E-state index contributed by atoms with van der Waals surface area (Å²) < 4.78 is 0. The second-order valence-electron chi connectivity index (χ2n) is 11.3. The monoisotopic (exact) mass is 449 g/mol. The molecule has 2 N–H and O–H groups in total. The van der Waals surface area contributed by atoms with E-state index in [4.69, 9.17) is 0 Å². The Kier molecular flexibility index (Phi) is 5.81. The Morgan fingerprint density at radius 1 is 1.06 bits per heavy atom. The van der Waals surface area contributed by atoms with E-state index in [1.807, 2.05) is 20.2 Å². The van der Waals surface area contributed by atoms with Crippen molar-refractivity contribution >= 4 is 11.5 Å². The lowest BCUT2D eigenvalue weighted by Gasteiger charge is -2.54. The zero-order chi connectivity index (χ0) is 23.4. The van der Waals surface area contributed by atoms with Crippen LogP contribution in [0.15, 0.2) is 47.1 Å². The van der Waals surface area contributed by atoms with Crippen LogP contribution in [-0.4, -0.2) is 42.3 Å². The number of nitrogens with zero attached hydrogens (tertiary/aromatic N) is 1. The predicted molar refractivity (Wildman–Crippen MR) is 132 cm³/mol. The molecule has 0 amide bonds. The number of hydrogen-bond donors (Lipinski definition) is 2. The Balaban J connectivity index is 1.49. The van der Waals surface area contributed by atoms with Crippen LogP contribution in [0.3, 0.4) is 0 Å². The molecular weight excluding hydrogens is 410 g/mol. The van der Waals surface area contributed by atoms with E-state index in [0.29, 0.717) is 24.7 Å². The van der Waals surface area contributed by atoms with E-state index in [1.165, 1.54) is 11.1 Å². The van der Waals surface area contributed by atoms with E-state index in [9.17, 15) is 15.0 Å². The summed E-state index contributed by atoms with van der Waals surface area (Å²) in [7, 11) is 4.08. The van der Waals surface area contributed by atoms with Gasteiger partial charge in [-0.1, -0.05) is 24.6 Å². The number of fused-ring (bicyclic) bond motifs is 4. The van der Waals surface area contributed by atoms with E-state index in [1.54, 1.807) is 5.57 Å². The number of rotatable bonds is 5. The van der Waals surface area contributed by atoms with Gasteiger partial charge in [-0.05, 0) is 98.1 Å². The van der Waals surface area contributed by atoms with Crippen molar-refractivity contribution in [2.45, 2.75) is 76.2 Å². The molecule has 33 heavy (non-hydrogen) atoms. The van der Waals surface area contributed by atoms with Crippen LogP contribution in [0, 0.1) is 17.3 Å². The van der Waals surface area contributed by atoms with Crippen LogP contribution in [0.4, 0.5) is 5.69 Å². The van der Waals surface area contributed by atoms with Gasteiger partial charge in [0.05, 0.1) is 5.60 Å². The molecule has 0 radical (unpaired) electrons. The van der Waals surface area contributed by atoms with Crippen molar-refractivity contribution < 1.29 is 15.0 Å². The highest BCUT2D eigenvalue weighted by Crippen LogP contribution is 2.66. The summed E-state index contributed by atoms with van der Waals surface area (Å²) in [4.78, 5) is 14.1. The van der Waals surface area contributed by atoms with Crippen LogP contribution >= 0.6 is 0 Å². The fraction of sp³-hybridized carbons (Fsp3) is 0.621. The van der Waals surface area contributed by atoms with Gasteiger partial charge in [-0.15, -0.1) is 0 Å². The molecule has 0 saturated heterocycles. The van der Waals surface area contributed by atoms with E-state index >= 15 is 0 Å². The van der Waals surface area contributed by atoms with Crippen LogP contribution in [0.2, 0.25) is 0 Å². The lowest BCUT2D eigenvalue weighted by atomic mass is 9.52. The first-order valence-corrected chi connectivity index (χ1v) is 12.8. The van der Waals surface area contributed by atoms with Gasteiger partial charge in [0.1, 0.15) is 0 Å². The van der Waals surface area contributed by atoms with Gasteiger partial charge in [0.25, 0.3) is 0 Å². The summed E-state index contributed by atoms with van der Waals surface area (Å²) in [5.74, 6) is 1.23. The van der Waals surface area contributed by atoms with Crippen LogP contribution in [0.25, 0.3) is 0 Å². The molecule has 1 aromatic carbocycles. The summed E-state index contributed by atoms with van der Waals surface area (Å²) in [5.41, 5.74) is 5.70. The number of ketones is 1.